The Labute approximate surface area is 133 Å². The summed E-state index contributed by atoms with van der Waals surface area (Å²) in [5, 5.41) is 7.06. The minimum absolute atomic E-state index is 0.205. The van der Waals surface area contributed by atoms with Crippen LogP contribution in [0.25, 0.3) is 11.1 Å². The Morgan fingerprint density at radius 2 is 2.09 bits per heavy atom. The highest BCUT2D eigenvalue weighted by molar-refractivity contribution is 5.72. The average molecular weight is 311 g/mol. The lowest BCUT2D eigenvalue weighted by molar-refractivity contribution is 0.393. The number of nitrogens with one attached hydrogen (secondary N) is 2. The molecule has 0 saturated carbocycles. The average Bonchev–Trinajstić information content (AvgIpc) is 2.89. The zero-order chi connectivity index (χ0) is 16.4. The second-order valence-electron chi connectivity index (χ2n) is 5.19. The van der Waals surface area contributed by atoms with Gasteiger partial charge in [0.15, 0.2) is 0 Å². The van der Waals surface area contributed by atoms with E-state index >= 15 is 0 Å². The number of aryl methyl sites for hydroxylation is 2. The van der Waals surface area contributed by atoms with Gasteiger partial charge in [-0.1, -0.05) is 11.2 Å². The monoisotopic (exact) mass is 311 g/mol. The first kappa shape index (κ1) is 14.9. The van der Waals surface area contributed by atoms with Crippen molar-refractivity contribution in [2.75, 3.05) is 12.4 Å². The Balaban J connectivity index is 2.00. The molecule has 0 aliphatic heterocycles. The van der Waals surface area contributed by atoms with Crippen LogP contribution in [0.5, 0.6) is 5.75 Å². The summed E-state index contributed by atoms with van der Waals surface area (Å²) in [5.41, 5.74) is 3.51. The van der Waals surface area contributed by atoms with E-state index in [2.05, 4.69) is 15.5 Å². The van der Waals surface area contributed by atoms with Gasteiger partial charge in [-0.3, -0.25) is 4.79 Å². The minimum Gasteiger partial charge on any atom is -0.497 e. The van der Waals surface area contributed by atoms with Crippen LogP contribution in [0.4, 0.5) is 11.4 Å². The van der Waals surface area contributed by atoms with Crippen LogP contribution in [0.1, 0.15) is 11.5 Å². The maximum absolute atomic E-state index is 12.1. The summed E-state index contributed by atoms with van der Waals surface area (Å²) in [4.78, 5) is 14.8. The van der Waals surface area contributed by atoms with E-state index in [0.717, 1.165) is 22.5 Å². The number of H-pyrrole nitrogens is 1. The first-order chi connectivity index (χ1) is 11.1. The molecule has 0 bridgehead atoms. The van der Waals surface area contributed by atoms with Crippen LogP contribution in [-0.2, 0) is 0 Å². The van der Waals surface area contributed by atoms with E-state index in [1.807, 2.05) is 38.1 Å². The molecule has 2 aromatic heterocycles. The van der Waals surface area contributed by atoms with E-state index in [-0.39, 0.29) is 5.56 Å². The van der Waals surface area contributed by atoms with Gasteiger partial charge in [-0.2, -0.15) is 0 Å². The molecule has 0 atom stereocenters. The number of aromatic nitrogens is 2. The molecule has 118 valence electrons. The Morgan fingerprint density at radius 3 is 2.78 bits per heavy atom. The molecule has 0 spiro atoms. The van der Waals surface area contributed by atoms with Crippen molar-refractivity contribution in [3.63, 3.8) is 0 Å². The summed E-state index contributed by atoms with van der Waals surface area (Å²) < 4.78 is 10.4. The Kier molecular flexibility index (Phi) is 3.89. The first-order valence-electron chi connectivity index (χ1n) is 7.15. The van der Waals surface area contributed by atoms with Gasteiger partial charge in [-0.05, 0) is 32.0 Å². The second kappa shape index (κ2) is 6.00. The fraction of sp³-hybridized carbons (Fsp3) is 0.176. The van der Waals surface area contributed by atoms with Gasteiger partial charge in [0.25, 0.3) is 5.56 Å². The van der Waals surface area contributed by atoms with Gasteiger partial charge in [-0.25, -0.2) is 0 Å². The van der Waals surface area contributed by atoms with Crippen molar-refractivity contribution in [1.82, 2.24) is 10.1 Å². The third kappa shape index (κ3) is 2.96. The van der Waals surface area contributed by atoms with Gasteiger partial charge in [0.1, 0.15) is 17.2 Å². The summed E-state index contributed by atoms with van der Waals surface area (Å²) in [7, 11) is 1.60. The molecule has 0 amide bonds. The predicted molar refractivity (Wildman–Crippen MR) is 88.3 cm³/mol. The first-order valence-corrected chi connectivity index (χ1v) is 7.15. The molecule has 0 radical (unpaired) electrons. The Hall–Kier alpha value is -3.02. The molecule has 6 nitrogen and oxygen atoms in total. The van der Waals surface area contributed by atoms with Gasteiger partial charge in [0, 0.05) is 29.1 Å². The Bertz CT molecular complexity index is 877. The molecule has 3 rings (SSSR count). The van der Waals surface area contributed by atoms with Crippen molar-refractivity contribution >= 4 is 11.4 Å². The van der Waals surface area contributed by atoms with Gasteiger partial charge in [-0.15, -0.1) is 0 Å². The van der Waals surface area contributed by atoms with Crippen molar-refractivity contribution in [2.45, 2.75) is 13.8 Å². The summed E-state index contributed by atoms with van der Waals surface area (Å²) in [6, 6.07) is 9.17. The lowest BCUT2D eigenvalue weighted by Crippen LogP contribution is -2.11. The zero-order valence-electron chi connectivity index (χ0n) is 13.1. The normalized spacial score (nSPS) is 10.6. The molecule has 0 aliphatic rings. The molecule has 1 aromatic carbocycles. The maximum Gasteiger partial charge on any atom is 0.271 e. The summed E-state index contributed by atoms with van der Waals surface area (Å²) in [6.45, 7) is 3.71. The number of pyridine rings is 1. The number of methoxy groups -OCH3 is 1. The van der Waals surface area contributed by atoms with E-state index in [1.165, 1.54) is 0 Å². The fourth-order valence-electron chi connectivity index (χ4n) is 2.47. The molecular formula is C17H17N3O3. The quantitative estimate of drug-likeness (QED) is 0.772. The van der Waals surface area contributed by atoms with Crippen molar-refractivity contribution in [2.24, 2.45) is 0 Å². The molecule has 2 N–H and O–H groups in total. The highest BCUT2D eigenvalue weighted by atomic mass is 16.5. The van der Waals surface area contributed by atoms with Crippen molar-refractivity contribution in [3.05, 3.63) is 58.3 Å². The molecule has 0 fully saturated rings. The van der Waals surface area contributed by atoms with Crippen molar-refractivity contribution < 1.29 is 9.26 Å². The van der Waals surface area contributed by atoms with E-state index in [1.54, 1.807) is 19.4 Å². The summed E-state index contributed by atoms with van der Waals surface area (Å²) in [5.74, 6) is 1.43. The van der Waals surface area contributed by atoms with E-state index in [9.17, 15) is 4.79 Å². The van der Waals surface area contributed by atoms with E-state index in [0.29, 0.717) is 17.2 Å². The third-order valence-corrected chi connectivity index (χ3v) is 3.57. The second-order valence-corrected chi connectivity index (χ2v) is 5.19. The van der Waals surface area contributed by atoms with Crippen LogP contribution in [0.15, 0.2) is 45.8 Å². The molecule has 23 heavy (non-hydrogen) atoms. The van der Waals surface area contributed by atoms with E-state index in [4.69, 9.17) is 9.26 Å². The summed E-state index contributed by atoms with van der Waals surface area (Å²) in [6.07, 6.45) is 1.66. The van der Waals surface area contributed by atoms with Gasteiger partial charge in [0.2, 0.25) is 0 Å². The SMILES string of the molecule is COc1cccc(Nc2cc(-c3c(C)noc3C)c[nH]c2=O)c1. The number of rotatable bonds is 4. The third-order valence-electron chi connectivity index (χ3n) is 3.57. The van der Waals surface area contributed by atoms with Crippen LogP contribution >= 0.6 is 0 Å². The lowest BCUT2D eigenvalue weighted by Gasteiger charge is -2.09. The number of ether oxygens (including phenoxy) is 1. The number of hydrogen-bond acceptors (Lipinski definition) is 5. The van der Waals surface area contributed by atoms with Crippen LogP contribution in [0.3, 0.4) is 0 Å². The van der Waals surface area contributed by atoms with Crippen LogP contribution in [0, 0.1) is 13.8 Å². The number of hydrogen-bond donors (Lipinski definition) is 2. The molecule has 6 heteroatoms. The highest BCUT2D eigenvalue weighted by Gasteiger charge is 2.13. The van der Waals surface area contributed by atoms with Crippen molar-refractivity contribution in [1.29, 1.82) is 0 Å². The summed E-state index contributed by atoms with van der Waals surface area (Å²) >= 11 is 0. The highest BCUT2D eigenvalue weighted by Crippen LogP contribution is 2.28. The van der Waals surface area contributed by atoms with Crippen LogP contribution in [-0.4, -0.2) is 17.3 Å². The topological polar surface area (TPSA) is 80.2 Å². The van der Waals surface area contributed by atoms with Crippen molar-refractivity contribution in [3.8, 4) is 16.9 Å². The van der Waals surface area contributed by atoms with Gasteiger partial charge in [0.05, 0.1) is 12.8 Å². The molecule has 0 aliphatic carbocycles. The zero-order valence-corrected chi connectivity index (χ0v) is 13.1. The molecule has 2 heterocycles. The number of anilines is 2. The molecule has 3 aromatic rings. The fourth-order valence-corrected chi connectivity index (χ4v) is 2.47. The predicted octanol–water partition coefficient (Wildman–Crippen LogP) is 3.40. The Morgan fingerprint density at radius 1 is 1.26 bits per heavy atom. The van der Waals surface area contributed by atoms with Crippen LogP contribution < -0.4 is 15.6 Å². The standard InChI is InChI=1S/C17H17N3O3/c1-10-16(11(2)23-20-10)12-7-15(17(21)18-9-12)19-13-5-4-6-14(8-13)22-3/h4-9,19H,1-3H3,(H,18,21). The van der Waals surface area contributed by atoms with Crippen LogP contribution in [0.2, 0.25) is 0 Å². The largest absolute Gasteiger partial charge is 0.497 e. The minimum atomic E-state index is -0.205. The lowest BCUT2D eigenvalue weighted by atomic mass is 10.1. The molecule has 0 unspecified atom stereocenters. The number of aromatic amines is 1. The number of nitrogens with zero attached hydrogens (tertiary/aromatic N) is 1. The smallest absolute Gasteiger partial charge is 0.271 e. The molecule has 0 saturated heterocycles. The van der Waals surface area contributed by atoms with E-state index < -0.39 is 0 Å². The van der Waals surface area contributed by atoms with Gasteiger partial charge >= 0.3 is 0 Å². The molecular weight excluding hydrogens is 294 g/mol. The maximum atomic E-state index is 12.1. The number of benzene rings is 1. The van der Waals surface area contributed by atoms with Gasteiger partial charge < -0.3 is 19.6 Å².